The highest BCUT2D eigenvalue weighted by molar-refractivity contribution is 5.90. The number of imidazole rings is 1. The molecule has 7 nitrogen and oxygen atoms in total. The molecule has 0 spiro atoms. The fourth-order valence-corrected chi connectivity index (χ4v) is 3.97. The van der Waals surface area contributed by atoms with Crippen molar-refractivity contribution < 1.29 is 14.7 Å². The number of hydrogen-bond acceptors (Lipinski definition) is 3. The number of aromatic nitrogens is 2. The van der Waals surface area contributed by atoms with Crippen LogP contribution < -0.4 is 5.32 Å². The van der Waals surface area contributed by atoms with Gasteiger partial charge in [0.1, 0.15) is 5.82 Å². The summed E-state index contributed by atoms with van der Waals surface area (Å²) in [5.41, 5.74) is 2.94. The number of anilines is 1. The zero-order valence-electron chi connectivity index (χ0n) is 15.2. The average molecular weight is 368 g/mol. The number of carboxylic acids is 1. The minimum atomic E-state index is -0.835. The molecule has 2 aliphatic heterocycles. The van der Waals surface area contributed by atoms with Crippen LogP contribution in [-0.4, -0.2) is 44.6 Å². The quantitative estimate of drug-likeness (QED) is 0.871. The molecule has 2 amide bonds. The molecule has 1 fully saturated rings. The van der Waals surface area contributed by atoms with Crippen molar-refractivity contribution in [2.24, 2.45) is 5.92 Å². The van der Waals surface area contributed by atoms with Crippen molar-refractivity contribution in [3.05, 3.63) is 36.2 Å². The van der Waals surface area contributed by atoms with Crippen molar-refractivity contribution in [2.75, 3.05) is 18.4 Å². The summed E-state index contributed by atoms with van der Waals surface area (Å²) >= 11 is 0. The Bertz CT molecular complexity index is 861. The van der Waals surface area contributed by atoms with E-state index in [9.17, 15) is 14.7 Å². The van der Waals surface area contributed by atoms with E-state index in [1.807, 2.05) is 30.5 Å². The Kier molecular flexibility index (Phi) is 4.83. The SMILES string of the molecule is O=C(O)C1CCCN(C(=O)Nc2cccc(-c3ncc4n3CCCC4)c2)C1. The molecule has 0 saturated carbocycles. The van der Waals surface area contributed by atoms with Crippen LogP contribution in [0.2, 0.25) is 0 Å². The third-order valence-corrected chi connectivity index (χ3v) is 5.43. The number of likely N-dealkylation sites (tertiary alicyclic amines) is 1. The smallest absolute Gasteiger partial charge is 0.321 e. The zero-order valence-corrected chi connectivity index (χ0v) is 15.2. The Morgan fingerprint density at radius 3 is 2.93 bits per heavy atom. The molecular formula is C20H24N4O3. The van der Waals surface area contributed by atoms with Gasteiger partial charge < -0.3 is 19.9 Å². The molecule has 4 rings (SSSR count). The monoisotopic (exact) mass is 368 g/mol. The van der Waals surface area contributed by atoms with Gasteiger partial charge in [0.15, 0.2) is 0 Å². The number of aryl methyl sites for hydroxylation is 1. The number of carbonyl (C=O) groups is 2. The lowest BCUT2D eigenvalue weighted by molar-refractivity contribution is -0.143. The van der Waals surface area contributed by atoms with Crippen molar-refractivity contribution in [3.8, 4) is 11.4 Å². The van der Waals surface area contributed by atoms with Crippen LogP contribution >= 0.6 is 0 Å². The number of benzene rings is 1. The van der Waals surface area contributed by atoms with E-state index in [1.54, 1.807) is 4.90 Å². The van der Waals surface area contributed by atoms with E-state index in [0.29, 0.717) is 25.1 Å². The second-order valence-electron chi connectivity index (χ2n) is 7.32. The molecule has 0 aliphatic carbocycles. The second kappa shape index (κ2) is 7.42. The van der Waals surface area contributed by atoms with E-state index in [1.165, 1.54) is 12.1 Å². The molecule has 0 radical (unpaired) electrons. The topological polar surface area (TPSA) is 87.5 Å². The molecule has 1 aromatic heterocycles. The number of rotatable bonds is 3. The van der Waals surface area contributed by atoms with Crippen LogP contribution in [0.3, 0.4) is 0 Å². The Hall–Kier alpha value is -2.83. The molecule has 2 aliphatic rings. The van der Waals surface area contributed by atoms with Crippen LogP contribution in [0.4, 0.5) is 10.5 Å². The molecule has 27 heavy (non-hydrogen) atoms. The number of amides is 2. The first-order valence-corrected chi connectivity index (χ1v) is 9.55. The van der Waals surface area contributed by atoms with Gasteiger partial charge in [-0.3, -0.25) is 4.79 Å². The lowest BCUT2D eigenvalue weighted by Crippen LogP contribution is -2.44. The first-order chi connectivity index (χ1) is 13.1. The van der Waals surface area contributed by atoms with Crippen LogP contribution in [0.5, 0.6) is 0 Å². The number of urea groups is 1. The molecule has 1 unspecified atom stereocenters. The minimum Gasteiger partial charge on any atom is -0.481 e. The zero-order chi connectivity index (χ0) is 18.8. The first-order valence-electron chi connectivity index (χ1n) is 9.55. The predicted octanol–water partition coefficient (Wildman–Crippen LogP) is 3.21. The van der Waals surface area contributed by atoms with E-state index in [4.69, 9.17) is 0 Å². The molecular weight excluding hydrogens is 344 g/mol. The number of carbonyl (C=O) groups excluding carboxylic acids is 1. The molecule has 2 N–H and O–H groups in total. The number of nitrogens with one attached hydrogen (secondary N) is 1. The number of fused-ring (bicyclic) bond motifs is 1. The standard InChI is InChI=1S/C20H24N4O3/c25-19(26)15-6-4-9-23(13-15)20(27)22-16-7-3-5-14(11-16)18-21-12-17-8-1-2-10-24(17)18/h3,5,7,11-12,15H,1-2,4,6,8-10,13H2,(H,22,27)(H,25,26). The Morgan fingerprint density at radius 2 is 2.07 bits per heavy atom. The predicted molar refractivity (Wildman–Crippen MR) is 102 cm³/mol. The van der Waals surface area contributed by atoms with Crippen molar-refractivity contribution in [2.45, 2.75) is 38.6 Å². The third-order valence-electron chi connectivity index (χ3n) is 5.43. The lowest BCUT2D eigenvalue weighted by Gasteiger charge is -2.30. The summed E-state index contributed by atoms with van der Waals surface area (Å²) < 4.78 is 2.26. The van der Waals surface area contributed by atoms with Crippen LogP contribution in [0.1, 0.15) is 31.4 Å². The van der Waals surface area contributed by atoms with Crippen molar-refractivity contribution in [1.29, 1.82) is 0 Å². The van der Waals surface area contributed by atoms with Gasteiger partial charge in [-0.15, -0.1) is 0 Å². The summed E-state index contributed by atoms with van der Waals surface area (Å²) in [6, 6.07) is 7.44. The summed E-state index contributed by atoms with van der Waals surface area (Å²) in [4.78, 5) is 29.9. The molecule has 1 atom stereocenters. The van der Waals surface area contributed by atoms with Gasteiger partial charge in [0.2, 0.25) is 0 Å². The highest BCUT2D eigenvalue weighted by Gasteiger charge is 2.28. The maximum Gasteiger partial charge on any atom is 0.321 e. The van der Waals surface area contributed by atoms with Gasteiger partial charge in [-0.2, -0.15) is 0 Å². The Balaban J connectivity index is 1.49. The number of aliphatic carboxylic acids is 1. The van der Waals surface area contributed by atoms with Crippen LogP contribution in [0.25, 0.3) is 11.4 Å². The van der Waals surface area contributed by atoms with E-state index in [-0.39, 0.29) is 12.6 Å². The molecule has 3 heterocycles. The lowest BCUT2D eigenvalue weighted by atomic mass is 9.99. The second-order valence-corrected chi connectivity index (χ2v) is 7.32. The van der Waals surface area contributed by atoms with E-state index in [2.05, 4.69) is 14.9 Å². The average Bonchev–Trinajstić information content (AvgIpc) is 3.12. The summed E-state index contributed by atoms with van der Waals surface area (Å²) in [5, 5.41) is 12.1. The molecule has 142 valence electrons. The van der Waals surface area contributed by atoms with Crippen LogP contribution in [-0.2, 0) is 17.8 Å². The van der Waals surface area contributed by atoms with E-state index >= 15 is 0 Å². The molecule has 7 heteroatoms. The molecule has 1 saturated heterocycles. The van der Waals surface area contributed by atoms with Gasteiger partial charge in [-0.25, -0.2) is 9.78 Å². The van der Waals surface area contributed by atoms with Gasteiger partial charge in [-0.1, -0.05) is 12.1 Å². The third kappa shape index (κ3) is 3.67. The summed E-state index contributed by atoms with van der Waals surface area (Å²) in [7, 11) is 0. The number of nitrogens with zero attached hydrogens (tertiary/aromatic N) is 3. The number of piperidine rings is 1. The van der Waals surface area contributed by atoms with Crippen LogP contribution in [0.15, 0.2) is 30.5 Å². The summed E-state index contributed by atoms with van der Waals surface area (Å²) in [5.74, 6) is -0.379. The van der Waals surface area contributed by atoms with Gasteiger partial charge in [-0.05, 0) is 44.2 Å². The summed E-state index contributed by atoms with van der Waals surface area (Å²) in [6.07, 6.45) is 6.70. The first kappa shape index (κ1) is 17.6. The van der Waals surface area contributed by atoms with Crippen molar-refractivity contribution >= 4 is 17.7 Å². The van der Waals surface area contributed by atoms with Crippen molar-refractivity contribution in [1.82, 2.24) is 14.5 Å². The minimum absolute atomic E-state index is 0.247. The van der Waals surface area contributed by atoms with Gasteiger partial charge in [0.05, 0.1) is 5.92 Å². The van der Waals surface area contributed by atoms with Crippen LogP contribution in [0, 0.1) is 5.92 Å². The van der Waals surface area contributed by atoms with E-state index in [0.717, 1.165) is 30.8 Å². The molecule has 2 aromatic rings. The highest BCUT2D eigenvalue weighted by atomic mass is 16.4. The number of carboxylic acid groups (broad SMARTS) is 1. The van der Waals surface area contributed by atoms with E-state index < -0.39 is 11.9 Å². The Morgan fingerprint density at radius 1 is 1.19 bits per heavy atom. The number of hydrogen-bond donors (Lipinski definition) is 2. The van der Waals surface area contributed by atoms with Gasteiger partial charge in [0, 0.05) is 42.8 Å². The highest BCUT2D eigenvalue weighted by Crippen LogP contribution is 2.26. The Labute approximate surface area is 158 Å². The van der Waals surface area contributed by atoms with Gasteiger partial charge >= 0.3 is 12.0 Å². The summed E-state index contributed by atoms with van der Waals surface area (Å²) in [6.45, 7) is 1.82. The van der Waals surface area contributed by atoms with Gasteiger partial charge in [0.25, 0.3) is 0 Å². The van der Waals surface area contributed by atoms with Crippen molar-refractivity contribution in [3.63, 3.8) is 0 Å². The maximum absolute atomic E-state index is 12.6. The molecule has 0 bridgehead atoms. The molecule has 1 aromatic carbocycles. The fraction of sp³-hybridized carbons (Fsp3) is 0.450. The normalized spacial score (nSPS) is 19.4. The largest absolute Gasteiger partial charge is 0.481 e. The fourth-order valence-electron chi connectivity index (χ4n) is 3.97. The maximum atomic E-state index is 12.6.